The number of nitrogens with zero attached hydrogens (tertiary/aromatic N) is 4. The van der Waals surface area contributed by atoms with Crippen LogP contribution in [0.5, 0.6) is 0 Å². The molecule has 1 aliphatic carbocycles. The second-order valence-corrected chi connectivity index (χ2v) is 8.46. The van der Waals surface area contributed by atoms with E-state index in [1.165, 1.54) is 7.11 Å². The molecule has 30 heavy (non-hydrogen) atoms. The molecule has 1 atom stereocenters. The van der Waals surface area contributed by atoms with E-state index in [1.807, 2.05) is 12.1 Å². The summed E-state index contributed by atoms with van der Waals surface area (Å²) in [6.07, 6.45) is 4.71. The first-order valence-corrected chi connectivity index (χ1v) is 10.8. The molecule has 0 spiro atoms. The number of benzene rings is 1. The minimum absolute atomic E-state index is 0.0289. The third-order valence-corrected chi connectivity index (χ3v) is 6.66. The molecule has 2 fully saturated rings. The van der Waals surface area contributed by atoms with Crippen LogP contribution >= 0.6 is 0 Å². The van der Waals surface area contributed by atoms with Gasteiger partial charge in [0.15, 0.2) is 0 Å². The first-order valence-electron chi connectivity index (χ1n) is 10.8. The fourth-order valence-electron chi connectivity index (χ4n) is 4.57. The monoisotopic (exact) mass is 412 g/mol. The van der Waals surface area contributed by atoms with Gasteiger partial charge in [-0.25, -0.2) is 4.79 Å². The van der Waals surface area contributed by atoms with Gasteiger partial charge in [0.1, 0.15) is 5.54 Å². The zero-order chi connectivity index (χ0) is 21.7. The van der Waals surface area contributed by atoms with E-state index >= 15 is 0 Å². The van der Waals surface area contributed by atoms with E-state index < -0.39 is 5.54 Å². The quantitative estimate of drug-likeness (QED) is 0.692. The maximum Gasteiger partial charge on any atom is 0.337 e. The predicted octanol–water partition coefficient (Wildman–Crippen LogP) is 2.67. The summed E-state index contributed by atoms with van der Waals surface area (Å²) in [6.45, 7) is 4.86. The van der Waals surface area contributed by atoms with E-state index in [1.54, 1.807) is 24.1 Å². The molecule has 0 aromatic heterocycles. The van der Waals surface area contributed by atoms with Gasteiger partial charge in [0, 0.05) is 38.4 Å². The number of piperazine rings is 1. The van der Waals surface area contributed by atoms with Gasteiger partial charge in [-0.1, -0.05) is 19.3 Å². The number of rotatable bonds is 5. The smallest absolute Gasteiger partial charge is 0.337 e. The summed E-state index contributed by atoms with van der Waals surface area (Å²) in [5, 5.41) is 9.76. The van der Waals surface area contributed by atoms with Crippen molar-refractivity contribution in [3.63, 3.8) is 0 Å². The van der Waals surface area contributed by atoms with Crippen LogP contribution in [-0.2, 0) is 9.53 Å². The molecule has 0 N–H and O–H groups in total. The van der Waals surface area contributed by atoms with Crippen LogP contribution in [0.25, 0.3) is 0 Å². The van der Waals surface area contributed by atoms with Gasteiger partial charge in [0.25, 0.3) is 0 Å². The Balaban J connectivity index is 1.58. The largest absolute Gasteiger partial charge is 0.465 e. The SMILES string of the molecule is COC(=O)c1ccc(N2CCN(CC(=O)N(C)C3(C#N)CCCCC3)C(C)C2)cc1. The molecule has 1 saturated carbocycles. The topological polar surface area (TPSA) is 76.9 Å². The van der Waals surface area contributed by atoms with Gasteiger partial charge in [-0.05, 0) is 44.0 Å². The number of anilines is 1. The summed E-state index contributed by atoms with van der Waals surface area (Å²) in [5.41, 5.74) is 0.959. The molecular weight excluding hydrogens is 380 g/mol. The Morgan fingerprint density at radius 3 is 2.43 bits per heavy atom. The molecular formula is C23H32N4O3. The highest BCUT2D eigenvalue weighted by atomic mass is 16.5. The third-order valence-electron chi connectivity index (χ3n) is 6.66. The molecule has 2 aliphatic rings. The lowest BCUT2D eigenvalue weighted by atomic mass is 9.81. The molecule has 0 bridgehead atoms. The number of carbonyl (C=O) groups excluding carboxylic acids is 2. The zero-order valence-electron chi connectivity index (χ0n) is 18.3. The van der Waals surface area contributed by atoms with E-state index in [2.05, 4.69) is 22.8 Å². The van der Waals surface area contributed by atoms with Crippen molar-refractivity contribution in [1.29, 1.82) is 5.26 Å². The normalized spacial score (nSPS) is 21.5. The Morgan fingerprint density at radius 2 is 1.87 bits per heavy atom. The molecule has 7 heteroatoms. The van der Waals surface area contributed by atoms with Gasteiger partial charge in [-0.3, -0.25) is 9.69 Å². The average molecular weight is 413 g/mol. The van der Waals surface area contributed by atoms with Crippen LogP contribution in [0, 0.1) is 11.3 Å². The van der Waals surface area contributed by atoms with Gasteiger partial charge in [-0.15, -0.1) is 0 Å². The standard InChI is InChI=1S/C23H32N4O3/c1-18-15-27(20-9-7-19(8-10-20)22(29)30-3)14-13-26(18)16-21(28)25(2)23(17-24)11-5-4-6-12-23/h7-10,18H,4-6,11-16H2,1-3H3. The van der Waals surface area contributed by atoms with Gasteiger partial charge >= 0.3 is 5.97 Å². The van der Waals surface area contributed by atoms with Crippen LogP contribution in [0.4, 0.5) is 5.69 Å². The second kappa shape index (κ2) is 9.48. The Bertz CT molecular complexity index is 796. The van der Waals surface area contributed by atoms with E-state index in [9.17, 15) is 14.9 Å². The molecule has 0 radical (unpaired) electrons. The van der Waals surface area contributed by atoms with Crippen LogP contribution < -0.4 is 4.90 Å². The van der Waals surface area contributed by atoms with Crippen molar-refractivity contribution in [2.24, 2.45) is 0 Å². The van der Waals surface area contributed by atoms with E-state index in [-0.39, 0.29) is 17.9 Å². The lowest BCUT2D eigenvalue weighted by Crippen LogP contribution is -2.57. The zero-order valence-corrected chi connectivity index (χ0v) is 18.3. The molecule has 1 amide bonds. The number of amides is 1. The van der Waals surface area contributed by atoms with Gasteiger partial charge in [0.05, 0.1) is 25.3 Å². The van der Waals surface area contributed by atoms with Crippen molar-refractivity contribution in [1.82, 2.24) is 9.80 Å². The third kappa shape index (κ3) is 4.59. The first-order chi connectivity index (χ1) is 14.4. The Labute approximate surface area is 179 Å². The highest BCUT2D eigenvalue weighted by Crippen LogP contribution is 2.32. The van der Waals surface area contributed by atoms with Crippen LogP contribution in [0.2, 0.25) is 0 Å². The van der Waals surface area contributed by atoms with Gasteiger partial charge in [0.2, 0.25) is 5.91 Å². The molecule has 1 heterocycles. The molecule has 1 aliphatic heterocycles. The summed E-state index contributed by atoms with van der Waals surface area (Å²) in [7, 11) is 3.17. The lowest BCUT2D eigenvalue weighted by Gasteiger charge is -2.43. The Hall–Kier alpha value is -2.59. The van der Waals surface area contributed by atoms with Crippen LogP contribution in [-0.4, -0.2) is 73.6 Å². The number of ether oxygens (including phenoxy) is 1. The molecule has 7 nitrogen and oxygen atoms in total. The van der Waals surface area contributed by atoms with Crippen molar-refractivity contribution < 1.29 is 14.3 Å². The molecule has 3 rings (SSSR count). The minimum atomic E-state index is -0.637. The lowest BCUT2D eigenvalue weighted by molar-refractivity contribution is -0.136. The second-order valence-electron chi connectivity index (χ2n) is 8.46. The fourth-order valence-corrected chi connectivity index (χ4v) is 4.57. The number of esters is 1. The molecule has 1 saturated heterocycles. The van der Waals surface area contributed by atoms with E-state index in [0.29, 0.717) is 12.1 Å². The van der Waals surface area contributed by atoms with Crippen LogP contribution in [0.3, 0.4) is 0 Å². The Kier molecular flexibility index (Phi) is 6.99. The van der Waals surface area contributed by atoms with Crippen LogP contribution in [0.1, 0.15) is 49.4 Å². The maximum absolute atomic E-state index is 13.0. The highest BCUT2D eigenvalue weighted by Gasteiger charge is 2.39. The summed E-state index contributed by atoms with van der Waals surface area (Å²) in [6, 6.07) is 10.1. The minimum Gasteiger partial charge on any atom is -0.465 e. The number of nitriles is 1. The number of methoxy groups -OCH3 is 1. The predicted molar refractivity (Wildman–Crippen MR) is 115 cm³/mol. The van der Waals surface area contributed by atoms with Gasteiger partial charge in [-0.2, -0.15) is 5.26 Å². The molecule has 1 aromatic rings. The summed E-state index contributed by atoms with van der Waals surface area (Å²) in [5.74, 6) is -0.309. The summed E-state index contributed by atoms with van der Waals surface area (Å²) < 4.78 is 4.75. The number of hydrogen-bond donors (Lipinski definition) is 0. The summed E-state index contributed by atoms with van der Waals surface area (Å²) in [4.78, 5) is 30.8. The number of hydrogen-bond acceptors (Lipinski definition) is 6. The van der Waals surface area contributed by atoms with E-state index in [0.717, 1.165) is 57.4 Å². The van der Waals surface area contributed by atoms with Crippen molar-refractivity contribution in [3.05, 3.63) is 29.8 Å². The summed E-state index contributed by atoms with van der Waals surface area (Å²) >= 11 is 0. The van der Waals surface area contributed by atoms with Crippen molar-refractivity contribution in [3.8, 4) is 6.07 Å². The average Bonchev–Trinajstić information content (AvgIpc) is 2.79. The van der Waals surface area contributed by atoms with E-state index in [4.69, 9.17) is 4.74 Å². The van der Waals surface area contributed by atoms with Crippen molar-refractivity contribution >= 4 is 17.6 Å². The Morgan fingerprint density at radius 1 is 1.20 bits per heavy atom. The fraction of sp³-hybridized carbons (Fsp3) is 0.609. The molecule has 162 valence electrons. The molecule has 1 unspecified atom stereocenters. The van der Waals surface area contributed by atoms with Gasteiger partial charge < -0.3 is 14.5 Å². The molecule has 1 aromatic carbocycles. The van der Waals surface area contributed by atoms with Crippen molar-refractivity contribution in [2.75, 3.05) is 45.2 Å². The number of likely N-dealkylation sites (N-methyl/N-ethyl adjacent to an activating group) is 1. The maximum atomic E-state index is 13.0. The first kappa shape index (κ1) is 22.1. The van der Waals surface area contributed by atoms with Crippen LogP contribution in [0.15, 0.2) is 24.3 Å². The van der Waals surface area contributed by atoms with Crippen molar-refractivity contribution in [2.45, 2.75) is 50.6 Å². The highest BCUT2D eigenvalue weighted by molar-refractivity contribution is 5.89. The number of carbonyl (C=O) groups is 2.